The van der Waals surface area contributed by atoms with E-state index in [-0.39, 0.29) is 74.4 Å². The van der Waals surface area contributed by atoms with E-state index in [1.807, 2.05) is 6.07 Å². The van der Waals surface area contributed by atoms with Gasteiger partial charge in [0.25, 0.3) is 11.9 Å². The van der Waals surface area contributed by atoms with Gasteiger partial charge in [-0.05, 0) is 17.7 Å². The van der Waals surface area contributed by atoms with Gasteiger partial charge in [0, 0.05) is 37.0 Å². The minimum atomic E-state index is -0.899. The van der Waals surface area contributed by atoms with Crippen molar-refractivity contribution in [3.63, 3.8) is 0 Å². The molecule has 1 saturated heterocycles. The van der Waals surface area contributed by atoms with Crippen LogP contribution in [0.5, 0.6) is 5.75 Å². The molecule has 1 atom stereocenters. The van der Waals surface area contributed by atoms with E-state index < -0.39 is 35.6 Å². The SMILES string of the molecule is N#Cc1c(N)sc2c(F)ccc(-c3c(F)cc4c(c3Cl)OCCC3CN(C(=O)n5cc(F)nn5)CCN3C4=O)c12. The minimum Gasteiger partial charge on any atom is -0.491 e. The highest BCUT2D eigenvalue weighted by atomic mass is 35.5. The van der Waals surface area contributed by atoms with Crippen LogP contribution in [0.4, 0.5) is 23.0 Å². The van der Waals surface area contributed by atoms with Gasteiger partial charge in [-0.25, -0.2) is 13.6 Å². The summed E-state index contributed by atoms with van der Waals surface area (Å²) in [5.74, 6) is -2.99. The number of nitrogens with two attached hydrogens (primary N) is 1. The topological polar surface area (TPSA) is 130 Å². The zero-order chi connectivity index (χ0) is 28.3. The van der Waals surface area contributed by atoms with Crippen LogP contribution < -0.4 is 10.5 Å². The van der Waals surface area contributed by atoms with E-state index in [4.69, 9.17) is 22.1 Å². The molecular formula is C25H17ClF3N7O3S. The Hall–Kier alpha value is -4.35. The number of nitrogen functional groups attached to an aromatic ring is 1. The number of fused-ring (bicyclic) bond motifs is 3. The maximum absolute atomic E-state index is 15.8. The van der Waals surface area contributed by atoms with Crippen LogP contribution in [0.3, 0.4) is 0 Å². The zero-order valence-electron chi connectivity index (χ0n) is 20.3. The lowest BCUT2D eigenvalue weighted by Crippen LogP contribution is -2.58. The number of hydrogen-bond donors (Lipinski definition) is 1. The fourth-order valence-electron chi connectivity index (χ4n) is 5.13. The largest absolute Gasteiger partial charge is 0.491 e. The number of rotatable bonds is 1. The standard InChI is InChI=1S/C25H17ClF3N7O3S/c26-20-19(12-1-2-15(27)22-18(12)14(8-30)23(31)40-22)16(28)7-13-21(20)39-6-3-11-9-34(4-5-35(11)24(13)37)25(38)36-10-17(29)32-33-36/h1-2,7,10-11H,3-6,9,31H2. The molecule has 6 rings (SSSR count). The first-order valence-electron chi connectivity index (χ1n) is 11.9. The summed E-state index contributed by atoms with van der Waals surface area (Å²) in [5.41, 5.74) is 5.80. The fraction of sp³-hybridized carbons (Fsp3) is 0.240. The highest BCUT2D eigenvalue weighted by Gasteiger charge is 2.38. The molecule has 4 aromatic rings. The van der Waals surface area contributed by atoms with E-state index in [0.717, 1.165) is 34.3 Å². The summed E-state index contributed by atoms with van der Waals surface area (Å²) < 4.78 is 50.3. The second kappa shape index (κ2) is 9.68. The molecule has 1 fully saturated rings. The number of piperazine rings is 1. The summed E-state index contributed by atoms with van der Waals surface area (Å²) >= 11 is 7.54. The number of halogens is 4. The van der Waals surface area contributed by atoms with E-state index in [1.165, 1.54) is 15.9 Å². The summed E-state index contributed by atoms with van der Waals surface area (Å²) in [7, 11) is 0. The van der Waals surface area contributed by atoms with Crippen LogP contribution in [-0.2, 0) is 0 Å². The molecule has 0 saturated carbocycles. The van der Waals surface area contributed by atoms with Crippen molar-refractivity contribution >= 4 is 50.0 Å². The second-order valence-electron chi connectivity index (χ2n) is 9.18. The van der Waals surface area contributed by atoms with Crippen LogP contribution >= 0.6 is 22.9 Å². The average molecular weight is 588 g/mol. The number of benzene rings is 2. The van der Waals surface area contributed by atoms with Crippen molar-refractivity contribution in [2.24, 2.45) is 0 Å². The van der Waals surface area contributed by atoms with Crippen molar-refractivity contribution in [1.82, 2.24) is 24.8 Å². The highest BCUT2D eigenvalue weighted by molar-refractivity contribution is 7.23. The van der Waals surface area contributed by atoms with E-state index >= 15 is 4.39 Å². The van der Waals surface area contributed by atoms with Gasteiger partial charge in [0.2, 0.25) is 0 Å². The van der Waals surface area contributed by atoms with Crippen molar-refractivity contribution in [2.75, 3.05) is 32.0 Å². The number of carbonyl (C=O) groups is 2. The highest BCUT2D eigenvalue weighted by Crippen LogP contribution is 2.47. The van der Waals surface area contributed by atoms with Crippen molar-refractivity contribution in [3.05, 3.63) is 58.1 Å². The Morgan fingerprint density at radius 3 is 2.75 bits per heavy atom. The summed E-state index contributed by atoms with van der Waals surface area (Å²) in [6, 6.07) is 4.32. The third kappa shape index (κ3) is 4.00. The lowest BCUT2D eigenvalue weighted by atomic mass is 9.95. The van der Waals surface area contributed by atoms with Gasteiger partial charge < -0.3 is 20.3 Å². The van der Waals surface area contributed by atoms with Crippen LogP contribution in [0.15, 0.2) is 24.4 Å². The molecule has 15 heteroatoms. The molecule has 2 aliphatic heterocycles. The third-order valence-corrected chi connectivity index (χ3v) is 8.36. The molecule has 1 unspecified atom stereocenters. The molecule has 2 amide bonds. The maximum atomic E-state index is 15.8. The number of thiophene rings is 1. The quantitative estimate of drug-likeness (QED) is 0.352. The van der Waals surface area contributed by atoms with Crippen LogP contribution in [0.2, 0.25) is 5.02 Å². The van der Waals surface area contributed by atoms with Crippen LogP contribution in [-0.4, -0.2) is 69.0 Å². The molecule has 2 N–H and O–H groups in total. The van der Waals surface area contributed by atoms with Gasteiger partial charge >= 0.3 is 6.03 Å². The molecule has 0 radical (unpaired) electrons. The molecule has 2 aromatic carbocycles. The monoisotopic (exact) mass is 587 g/mol. The molecule has 2 aliphatic rings. The smallest absolute Gasteiger partial charge is 0.346 e. The summed E-state index contributed by atoms with van der Waals surface area (Å²) in [6.07, 6.45) is 1.17. The number of carbonyl (C=O) groups excluding carboxylic acids is 2. The molecule has 2 aromatic heterocycles. The number of nitrogens with zero attached hydrogens (tertiary/aromatic N) is 6. The molecule has 0 spiro atoms. The Morgan fingerprint density at radius 2 is 2.02 bits per heavy atom. The van der Waals surface area contributed by atoms with Gasteiger partial charge in [-0.2, -0.15) is 14.3 Å². The number of amides is 2. The second-order valence-corrected chi connectivity index (χ2v) is 10.6. The summed E-state index contributed by atoms with van der Waals surface area (Å²) in [6.45, 7) is 0.422. The normalized spacial score (nSPS) is 17.1. The lowest BCUT2D eigenvalue weighted by molar-refractivity contribution is 0.0431. The minimum absolute atomic E-state index is 0.00223. The Kier molecular flexibility index (Phi) is 6.27. The van der Waals surface area contributed by atoms with Crippen LogP contribution in [0.25, 0.3) is 21.2 Å². The number of aromatic nitrogens is 3. The van der Waals surface area contributed by atoms with E-state index in [2.05, 4.69) is 10.3 Å². The lowest BCUT2D eigenvalue weighted by Gasteiger charge is -2.42. The van der Waals surface area contributed by atoms with Crippen molar-refractivity contribution < 1.29 is 27.5 Å². The third-order valence-electron chi connectivity index (χ3n) is 6.98. The van der Waals surface area contributed by atoms with Gasteiger partial charge in [0.05, 0.1) is 39.7 Å². The predicted octanol–water partition coefficient (Wildman–Crippen LogP) is 4.26. The first-order chi connectivity index (χ1) is 19.2. The van der Waals surface area contributed by atoms with E-state index in [9.17, 15) is 23.6 Å². The number of ether oxygens (including phenoxy) is 1. The van der Waals surface area contributed by atoms with Crippen LogP contribution in [0.1, 0.15) is 22.3 Å². The Labute approximate surface area is 232 Å². The van der Waals surface area contributed by atoms with E-state index in [0.29, 0.717) is 6.42 Å². The Bertz CT molecular complexity index is 1770. The van der Waals surface area contributed by atoms with Gasteiger partial charge in [0.1, 0.15) is 22.7 Å². The molecular weight excluding hydrogens is 571 g/mol. The van der Waals surface area contributed by atoms with Crippen molar-refractivity contribution in [2.45, 2.75) is 12.5 Å². The molecule has 0 aliphatic carbocycles. The fourth-order valence-corrected chi connectivity index (χ4v) is 6.43. The molecule has 10 nitrogen and oxygen atoms in total. The van der Waals surface area contributed by atoms with Gasteiger partial charge in [-0.3, -0.25) is 4.79 Å². The van der Waals surface area contributed by atoms with Crippen molar-refractivity contribution in [3.8, 4) is 22.9 Å². The van der Waals surface area contributed by atoms with Crippen LogP contribution in [0, 0.1) is 28.9 Å². The average Bonchev–Trinajstić information content (AvgIpc) is 3.52. The Morgan fingerprint density at radius 1 is 1.23 bits per heavy atom. The number of hydrogen-bond acceptors (Lipinski definition) is 8. The first-order valence-corrected chi connectivity index (χ1v) is 13.1. The molecule has 0 bridgehead atoms. The number of anilines is 1. The Balaban J connectivity index is 1.38. The van der Waals surface area contributed by atoms with Gasteiger partial charge in [-0.1, -0.05) is 28.0 Å². The van der Waals surface area contributed by atoms with Gasteiger partial charge in [-0.15, -0.1) is 11.3 Å². The van der Waals surface area contributed by atoms with E-state index in [1.54, 1.807) is 0 Å². The van der Waals surface area contributed by atoms with Gasteiger partial charge in [0.15, 0.2) is 5.75 Å². The van der Waals surface area contributed by atoms with Crippen molar-refractivity contribution in [1.29, 1.82) is 5.26 Å². The maximum Gasteiger partial charge on any atom is 0.346 e. The summed E-state index contributed by atoms with van der Waals surface area (Å²) in [4.78, 5) is 29.3. The zero-order valence-corrected chi connectivity index (χ0v) is 21.9. The predicted molar refractivity (Wildman–Crippen MR) is 139 cm³/mol. The molecule has 4 heterocycles. The molecule has 40 heavy (non-hydrogen) atoms. The molecule has 204 valence electrons. The summed E-state index contributed by atoms with van der Waals surface area (Å²) in [5, 5.41) is 16.3. The first kappa shape index (κ1) is 25.9. The number of nitriles is 1.